The molecule has 0 bridgehead atoms. The summed E-state index contributed by atoms with van der Waals surface area (Å²) in [6.45, 7) is 5.29. The van der Waals surface area contributed by atoms with Gasteiger partial charge in [-0.1, -0.05) is 61.2 Å². The maximum absolute atomic E-state index is 13.7. The number of esters is 1. The number of ether oxygens (including phenoxy) is 1. The van der Waals surface area contributed by atoms with E-state index < -0.39 is 12.3 Å². The highest BCUT2D eigenvalue weighted by Gasteiger charge is 2.13. The van der Waals surface area contributed by atoms with Gasteiger partial charge < -0.3 is 4.74 Å². The lowest BCUT2D eigenvalue weighted by atomic mass is 10.2. The molecular formula is C17H17FO2. The Morgan fingerprint density at radius 1 is 1.35 bits per heavy atom. The molecule has 1 atom stereocenters. The Labute approximate surface area is 118 Å². The fraction of sp³-hybridized carbons (Fsp3) is 0.118. The van der Waals surface area contributed by atoms with Gasteiger partial charge in [0, 0.05) is 11.6 Å². The molecule has 0 fully saturated rings. The molecule has 0 amide bonds. The van der Waals surface area contributed by atoms with Gasteiger partial charge in [-0.3, -0.25) is 0 Å². The number of hydrogen-bond acceptors (Lipinski definition) is 2. The Hall–Kier alpha value is -2.42. The zero-order valence-electron chi connectivity index (χ0n) is 11.3. The van der Waals surface area contributed by atoms with Crippen molar-refractivity contribution in [3.8, 4) is 0 Å². The van der Waals surface area contributed by atoms with Gasteiger partial charge in [-0.15, -0.1) is 0 Å². The van der Waals surface area contributed by atoms with E-state index in [-0.39, 0.29) is 5.57 Å². The van der Waals surface area contributed by atoms with Crippen LogP contribution >= 0.6 is 0 Å². The van der Waals surface area contributed by atoms with E-state index >= 15 is 0 Å². The van der Waals surface area contributed by atoms with E-state index in [1.165, 1.54) is 18.2 Å². The molecular weight excluding hydrogens is 255 g/mol. The summed E-state index contributed by atoms with van der Waals surface area (Å²) in [5, 5.41) is 0. The van der Waals surface area contributed by atoms with Crippen LogP contribution in [0.3, 0.4) is 0 Å². The second kappa shape index (κ2) is 8.64. The summed E-state index contributed by atoms with van der Waals surface area (Å²) in [7, 11) is 0. The number of hydrogen-bond donors (Lipinski definition) is 0. The summed E-state index contributed by atoms with van der Waals surface area (Å²) in [6, 6.07) is 9.22. The molecule has 3 heteroatoms. The van der Waals surface area contributed by atoms with Crippen molar-refractivity contribution in [3.63, 3.8) is 0 Å². The van der Waals surface area contributed by atoms with Crippen molar-refractivity contribution in [3.05, 3.63) is 78.4 Å². The minimum absolute atomic E-state index is 0.199. The molecule has 0 spiro atoms. The molecule has 0 aromatic heterocycles. The number of carbonyl (C=O) groups excluding carboxylic acids is 1. The Bertz CT molecular complexity index is 527. The SMILES string of the molecule is C=C/C(=C\C=C/C)C(F)OC(=O)/C=C/c1ccccc1. The summed E-state index contributed by atoms with van der Waals surface area (Å²) in [6.07, 6.45) is 7.16. The Morgan fingerprint density at radius 3 is 2.65 bits per heavy atom. The minimum atomic E-state index is -1.82. The fourth-order valence-electron chi connectivity index (χ4n) is 1.38. The van der Waals surface area contributed by atoms with Crippen molar-refractivity contribution in [1.82, 2.24) is 0 Å². The van der Waals surface area contributed by atoms with Crippen LogP contribution in [-0.2, 0) is 9.53 Å². The lowest BCUT2D eigenvalue weighted by Gasteiger charge is -2.08. The molecule has 1 unspecified atom stereocenters. The quantitative estimate of drug-likeness (QED) is 0.440. The van der Waals surface area contributed by atoms with Crippen LogP contribution < -0.4 is 0 Å². The van der Waals surface area contributed by atoms with E-state index in [4.69, 9.17) is 0 Å². The lowest BCUT2D eigenvalue weighted by molar-refractivity contribution is -0.147. The zero-order chi connectivity index (χ0) is 14.8. The van der Waals surface area contributed by atoms with Gasteiger partial charge in [0.25, 0.3) is 6.36 Å². The second-order valence-corrected chi connectivity index (χ2v) is 3.89. The van der Waals surface area contributed by atoms with Crippen LogP contribution in [0.4, 0.5) is 4.39 Å². The van der Waals surface area contributed by atoms with Gasteiger partial charge >= 0.3 is 5.97 Å². The summed E-state index contributed by atoms with van der Waals surface area (Å²) in [4.78, 5) is 11.5. The standard InChI is InChI=1S/C17H17FO2/c1-3-5-11-15(4-2)17(18)20-16(19)13-12-14-9-7-6-8-10-14/h3-13,17H,2H2,1H3/b5-3-,13-12+,15-11+. The van der Waals surface area contributed by atoms with Gasteiger partial charge in [-0.05, 0) is 18.6 Å². The van der Waals surface area contributed by atoms with Crippen molar-refractivity contribution in [2.75, 3.05) is 0 Å². The van der Waals surface area contributed by atoms with Crippen LogP contribution in [0.15, 0.2) is 72.9 Å². The maximum atomic E-state index is 13.7. The topological polar surface area (TPSA) is 26.3 Å². The largest absolute Gasteiger partial charge is 0.424 e. The number of carbonyl (C=O) groups is 1. The third kappa shape index (κ3) is 5.48. The van der Waals surface area contributed by atoms with Crippen LogP contribution in [0.5, 0.6) is 0 Å². The third-order valence-corrected chi connectivity index (χ3v) is 2.41. The third-order valence-electron chi connectivity index (χ3n) is 2.41. The number of benzene rings is 1. The predicted molar refractivity (Wildman–Crippen MR) is 79.6 cm³/mol. The molecule has 1 rings (SSSR count). The Kier molecular flexibility index (Phi) is 6.76. The summed E-state index contributed by atoms with van der Waals surface area (Å²) in [5.74, 6) is -0.741. The van der Waals surface area contributed by atoms with E-state index in [9.17, 15) is 9.18 Å². The molecule has 2 nitrogen and oxygen atoms in total. The first-order chi connectivity index (χ1) is 9.67. The smallest absolute Gasteiger partial charge is 0.333 e. The highest BCUT2D eigenvalue weighted by Crippen LogP contribution is 2.11. The molecule has 0 N–H and O–H groups in total. The number of alkyl halides is 1. The average Bonchev–Trinajstić information content (AvgIpc) is 2.47. The molecule has 0 aliphatic rings. The average molecular weight is 272 g/mol. The molecule has 1 aromatic carbocycles. The van der Waals surface area contributed by atoms with Gasteiger partial charge in [0.15, 0.2) is 0 Å². The number of allylic oxidation sites excluding steroid dienone is 3. The van der Waals surface area contributed by atoms with Crippen LogP contribution in [-0.4, -0.2) is 12.3 Å². The van der Waals surface area contributed by atoms with Crippen molar-refractivity contribution >= 4 is 12.0 Å². The van der Waals surface area contributed by atoms with Crippen molar-refractivity contribution in [2.24, 2.45) is 0 Å². The van der Waals surface area contributed by atoms with Crippen LogP contribution in [0.2, 0.25) is 0 Å². The molecule has 104 valence electrons. The Morgan fingerprint density at radius 2 is 2.05 bits per heavy atom. The molecule has 0 aliphatic heterocycles. The van der Waals surface area contributed by atoms with Crippen LogP contribution in [0, 0.1) is 0 Å². The van der Waals surface area contributed by atoms with E-state index in [0.29, 0.717) is 0 Å². The van der Waals surface area contributed by atoms with Gasteiger partial charge in [-0.25, -0.2) is 4.79 Å². The first kappa shape index (κ1) is 15.6. The van der Waals surface area contributed by atoms with Gasteiger partial charge in [-0.2, -0.15) is 4.39 Å². The number of rotatable bonds is 6. The van der Waals surface area contributed by atoms with Crippen molar-refractivity contribution < 1.29 is 13.9 Å². The van der Waals surface area contributed by atoms with Crippen LogP contribution in [0.1, 0.15) is 12.5 Å². The summed E-state index contributed by atoms with van der Waals surface area (Å²) >= 11 is 0. The normalized spacial score (nSPS) is 13.6. The molecule has 0 aliphatic carbocycles. The summed E-state index contributed by atoms with van der Waals surface area (Å²) < 4.78 is 18.4. The second-order valence-electron chi connectivity index (χ2n) is 3.89. The van der Waals surface area contributed by atoms with Crippen molar-refractivity contribution in [1.29, 1.82) is 0 Å². The Balaban J connectivity index is 2.61. The van der Waals surface area contributed by atoms with Gasteiger partial charge in [0.2, 0.25) is 0 Å². The molecule has 1 aromatic rings. The maximum Gasteiger partial charge on any atom is 0.333 e. The minimum Gasteiger partial charge on any atom is -0.424 e. The first-order valence-corrected chi connectivity index (χ1v) is 6.20. The molecule has 0 saturated carbocycles. The fourth-order valence-corrected chi connectivity index (χ4v) is 1.38. The van der Waals surface area contributed by atoms with E-state index in [0.717, 1.165) is 5.56 Å². The molecule has 20 heavy (non-hydrogen) atoms. The van der Waals surface area contributed by atoms with E-state index in [2.05, 4.69) is 11.3 Å². The van der Waals surface area contributed by atoms with Gasteiger partial charge in [0.05, 0.1) is 0 Å². The van der Waals surface area contributed by atoms with E-state index in [1.54, 1.807) is 25.2 Å². The first-order valence-electron chi connectivity index (χ1n) is 6.20. The molecule has 0 heterocycles. The molecule has 0 saturated heterocycles. The highest BCUT2D eigenvalue weighted by molar-refractivity contribution is 5.87. The highest BCUT2D eigenvalue weighted by atomic mass is 19.1. The lowest BCUT2D eigenvalue weighted by Crippen LogP contribution is -2.13. The predicted octanol–water partition coefficient (Wildman–Crippen LogP) is 4.23. The van der Waals surface area contributed by atoms with Gasteiger partial charge in [0.1, 0.15) is 0 Å². The zero-order valence-corrected chi connectivity index (χ0v) is 11.3. The summed E-state index contributed by atoms with van der Waals surface area (Å²) in [5.41, 5.74) is 1.04. The van der Waals surface area contributed by atoms with E-state index in [1.807, 2.05) is 30.3 Å². The monoisotopic (exact) mass is 272 g/mol. The number of halogens is 1. The molecule has 0 radical (unpaired) electrons. The van der Waals surface area contributed by atoms with Crippen molar-refractivity contribution in [2.45, 2.75) is 13.3 Å². The van der Waals surface area contributed by atoms with Crippen LogP contribution in [0.25, 0.3) is 6.08 Å².